The third-order valence-electron chi connectivity index (χ3n) is 3.35. The molecule has 0 saturated carbocycles. The molecule has 0 aromatic heterocycles. The highest BCUT2D eigenvalue weighted by atomic mass is 32.2. The summed E-state index contributed by atoms with van der Waals surface area (Å²) in [7, 11) is 1.73. The van der Waals surface area contributed by atoms with Crippen LogP contribution in [0.3, 0.4) is 0 Å². The lowest BCUT2D eigenvalue weighted by molar-refractivity contribution is 0.409. The van der Waals surface area contributed by atoms with E-state index in [-0.39, 0.29) is 0 Å². The van der Waals surface area contributed by atoms with Crippen molar-refractivity contribution in [2.24, 2.45) is 0 Å². The van der Waals surface area contributed by atoms with E-state index in [1.54, 1.807) is 7.11 Å². The van der Waals surface area contributed by atoms with Gasteiger partial charge in [-0.25, -0.2) is 0 Å². The summed E-state index contributed by atoms with van der Waals surface area (Å²) in [4.78, 5) is 0. The van der Waals surface area contributed by atoms with Crippen LogP contribution in [0.4, 0.5) is 0 Å². The maximum atomic E-state index is 5.49. The van der Waals surface area contributed by atoms with Crippen molar-refractivity contribution < 1.29 is 4.74 Å². The summed E-state index contributed by atoms with van der Waals surface area (Å²) in [6.45, 7) is 4.08. The van der Waals surface area contributed by atoms with Crippen LogP contribution in [0.25, 0.3) is 10.8 Å². The van der Waals surface area contributed by atoms with Gasteiger partial charge in [-0.3, -0.25) is 0 Å². The van der Waals surface area contributed by atoms with Crippen molar-refractivity contribution >= 4 is 22.5 Å². The van der Waals surface area contributed by atoms with Gasteiger partial charge in [0.1, 0.15) is 5.75 Å². The molecule has 0 amide bonds. The highest BCUT2D eigenvalue weighted by molar-refractivity contribution is 7.99. The van der Waals surface area contributed by atoms with Gasteiger partial charge in [-0.05, 0) is 23.1 Å². The molecule has 3 heteroatoms. The molecule has 0 heterocycles. The fourth-order valence-electron chi connectivity index (χ4n) is 2.17. The van der Waals surface area contributed by atoms with Crippen LogP contribution < -0.4 is 10.1 Å². The van der Waals surface area contributed by atoms with Crippen LogP contribution in [0, 0.1) is 0 Å². The van der Waals surface area contributed by atoms with Crippen LogP contribution in [0.1, 0.15) is 12.5 Å². The van der Waals surface area contributed by atoms with Crippen molar-refractivity contribution in [3.63, 3.8) is 0 Å². The van der Waals surface area contributed by atoms with Gasteiger partial charge in [-0.1, -0.05) is 37.3 Å². The molecule has 2 rings (SSSR count). The van der Waals surface area contributed by atoms with Gasteiger partial charge in [0, 0.05) is 23.9 Å². The van der Waals surface area contributed by atoms with Crippen molar-refractivity contribution in [1.29, 1.82) is 0 Å². The van der Waals surface area contributed by atoms with Crippen molar-refractivity contribution in [3.8, 4) is 5.75 Å². The molecule has 1 unspecified atom stereocenters. The molecule has 2 nitrogen and oxygen atoms in total. The molecule has 0 radical (unpaired) electrons. The van der Waals surface area contributed by atoms with E-state index in [0.29, 0.717) is 5.25 Å². The fraction of sp³-hybridized carbons (Fsp3) is 0.375. The van der Waals surface area contributed by atoms with Crippen molar-refractivity contribution in [2.75, 3.05) is 19.9 Å². The number of rotatable bonds is 6. The van der Waals surface area contributed by atoms with E-state index in [1.807, 2.05) is 11.8 Å². The minimum Gasteiger partial charge on any atom is -0.496 e. The molecule has 0 fully saturated rings. The predicted octanol–water partition coefficient (Wildman–Crippen LogP) is 3.69. The lowest BCUT2D eigenvalue weighted by atomic mass is 10.0. The number of thioether (sulfide) groups is 1. The molecule has 102 valence electrons. The van der Waals surface area contributed by atoms with Crippen molar-refractivity contribution in [3.05, 3.63) is 42.0 Å². The minimum absolute atomic E-state index is 0.626. The molecule has 2 aromatic carbocycles. The summed E-state index contributed by atoms with van der Waals surface area (Å²) in [5.41, 5.74) is 1.24. The summed E-state index contributed by atoms with van der Waals surface area (Å²) in [5, 5.41) is 6.68. The topological polar surface area (TPSA) is 21.3 Å². The Morgan fingerprint density at radius 2 is 2.00 bits per heavy atom. The lowest BCUT2D eigenvalue weighted by Gasteiger charge is -2.14. The van der Waals surface area contributed by atoms with Crippen LogP contribution >= 0.6 is 11.8 Å². The van der Waals surface area contributed by atoms with Crippen LogP contribution in [-0.2, 0) is 6.54 Å². The second-order valence-corrected chi connectivity index (χ2v) is 5.92. The van der Waals surface area contributed by atoms with E-state index in [0.717, 1.165) is 18.8 Å². The number of ether oxygens (including phenoxy) is 1. The Morgan fingerprint density at radius 3 is 2.74 bits per heavy atom. The largest absolute Gasteiger partial charge is 0.496 e. The zero-order chi connectivity index (χ0) is 13.7. The fourth-order valence-corrected chi connectivity index (χ4v) is 2.46. The number of hydrogen-bond acceptors (Lipinski definition) is 3. The molecule has 1 atom stereocenters. The number of hydrogen-bond donors (Lipinski definition) is 1. The molecular weight excluding hydrogens is 254 g/mol. The van der Waals surface area contributed by atoms with Gasteiger partial charge in [-0.15, -0.1) is 0 Å². The number of benzene rings is 2. The van der Waals surface area contributed by atoms with Crippen LogP contribution in [0.2, 0.25) is 0 Å². The highest BCUT2D eigenvalue weighted by Crippen LogP contribution is 2.27. The Hall–Kier alpha value is -1.19. The zero-order valence-electron chi connectivity index (χ0n) is 11.8. The Bertz CT molecular complexity index is 541. The first kappa shape index (κ1) is 14.2. The van der Waals surface area contributed by atoms with Crippen molar-refractivity contribution in [2.45, 2.75) is 18.7 Å². The third-order valence-corrected chi connectivity index (χ3v) is 4.32. The van der Waals surface area contributed by atoms with Gasteiger partial charge < -0.3 is 10.1 Å². The van der Waals surface area contributed by atoms with Crippen LogP contribution in [0.15, 0.2) is 36.4 Å². The summed E-state index contributed by atoms with van der Waals surface area (Å²) < 4.78 is 5.49. The van der Waals surface area contributed by atoms with E-state index >= 15 is 0 Å². The number of fused-ring (bicyclic) bond motifs is 1. The van der Waals surface area contributed by atoms with E-state index in [2.05, 4.69) is 54.9 Å². The van der Waals surface area contributed by atoms with Gasteiger partial charge in [0.2, 0.25) is 0 Å². The van der Waals surface area contributed by atoms with Gasteiger partial charge in [0.25, 0.3) is 0 Å². The first-order valence-electron chi connectivity index (χ1n) is 6.54. The summed E-state index contributed by atoms with van der Waals surface area (Å²) in [6.07, 6.45) is 2.14. The molecule has 19 heavy (non-hydrogen) atoms. The SMILES string of the molecule is COc1ccc2ccccc2c1CNCC(C)SC. The molecule has 0 bridgehead atoms. The predicted molar refractivity (Wildman–Crippen MR) is 85.2 cm³/mol. The Labute approximate surface area is 119 Å². The molecule has 0 aliphatic heterocycles. The summed E-state index contributed by atoms with van der Waals surface area (Å²) in [5.74, 6) is 0.961. The maximum absolute atomic E-state index is 5.49. The standard InChI is InChI=1S/C16H21NOS/c1-12(19-3)10-17-11-15-14-7-5-4-6-13(14)8-9-16(15)18-2/h4-9,12,17H,10-11H2,1-3H3. The quantitative estimate of drug-likeness (QED) is 0.869. The highest BCUT2D eigenvalue weighted by Gasteiger charge is 2.08. The second kappa shape index (κ2) is 6.83. The smallest absolute Gasteiger partial charge is 0.123 e. The molecule has 2 aromatic rings. The Morgan fingerprint density at radius 1 is 1.21 bits per heavy atom. The van der Waals surface area contributed by atoms with Gasteiger partial charge in [0.05, 0.1) is 7.11 Å². The van der Waals surface area contributed by atoms with Gasteiger partial charge in [-0.2, -0.15) is 11.8 Å². The summed E-state index contributed by atoms with van der Waals surface area (Å²) >= 11 is 1.88. The summed E-state index contributed by atoms with van der Waals surface area (Å²) in [6, 6.07) is 12.6. The minimum atomic E-state index is 0.626. The Balaban J connectivity index is 2.23. The first-order valence-corrected chi connectivity index (χ1v) is 7.83. The monoisotopic (exact) mass is 275 g/mol. The van der Waals surface area contributed by atoms with E-state index in [9.17, 15) is 0 Å². The zero-order valence-corrected chi connectivity index (χ0v) is 12.6. The van der Waals surface area contributed by atoms with Crippen LogP contribution in [0.5, 0.6) is 5.75 Å². The molecule has 1 N–H and O–H groups in total. The Kier molecular flexibility index (Phi) is 5.11. The molecule has 0 spiro atoms. The van der Waals surface area contributed by atoms with E-state index < -0.39 is 0 Å². The second-order valence-electron chi connectivity index (χ2n) is 4.64. The first-order chi connectivity index (χ1) is 9.26. The van der Waals surface area contributed by atoms with E-state index in [1.165, 1.54) is 16.3 Å². The average molecular weight is 275 g/mol. The molecular formula is C16H21NOS. The number of methoxy groups -OCH3 is 1. The average Bonchev–Trinajstić information content (AvgIpc) is 2.47. The number of nitrogens with one attached hydrogen (secondary N) is 1. The lowest BCUT2D eigenvalue weighted by Crippen LogP contribution is -2.22. The normalized spacial score (nSPS) is 12.6. The van der Waals surface area contributed by atoms with Crippen molar-refractivity contribution in [1.82, 2.24) is 5.32 Å². The van der Waals surface area contributed by atoms with E-state index in [4.69, 9.17) is 4.74 Å². The van der Waals surface area contributed by atoms with Gasteiger partial charge in [0.15, 0.2) is 0 Å². The van der Waals surface area contributed by atoms with Gasteiger partial charge >= 0.3 is 0 Å². The maximum Gasteiger partial charge on any atom is 0.123 e. The third kappa shape index (κ3) is 3.43. The molecule has 0 saturated heterocycles. The van der Waals surface area contributed by atoms with Crippen LogP contribution in [-0.4, -0.2) is 25.2 Å². The molecule has 0 aliphatic carbocycles. The molecule has 0 aliphatic rings.